The fourth-order valence-corrected chi connectivity index (χ4v) is 5.61. The first-order valence-corrected chi connectivity index (χ1v) is 7.67. The SMILES string of the molecule is C=CP1NPNPN1Oc1ccccc1. The molecular formula is C8H12N3OP3. The van der Waals surface area contributed by atoms with Gasteiger partial charge in [0, 0.05) is 8.88 Å². The molecule has 1 saturated heterocycles. The Morgan fingerprint density at radius 3 is 2.93 bits per heavy atom. The summed E-state index contributed by atoms with van der Waals surface area (Å²) in [7, 11) is 0.488. The third-order valence-electron chi connectivity index (χ3n) is 1.69. The van der Waals surface area contributed by atoms with Crippen LogP contribution in [0.3, 0.4) is 0 Å². The molecular weight excluding hydrogens is 247 g/mol. The van der Waals surface area contributed by atoms with E-state index in [1.807, 2.05) is 40.8 Å². The van der Waals surface area contributed by atoms with Gasteiger partial charge in [-0.1, -0.05) is 29.4 Å². The van der Waals surface area contributed by atoms with Crippen LogP contribution in [0.1, 0.15) is 0 Å². The van der Waals surface area contributed by atoms with Crippen molar-refractivity contribution in [3.05, 3.63) is 42.7 Å². The zero-order valence-corrected chi connectivity index (χ0v) is 10.9. The van der Waals surface area contributed by atoms with E-state index in [2.05, 4.69) is 16.3 Å². The van der Waals surface area contributed by atoms with Crippen molar-refractivity contribution in [2.24, 2.45) is 0 Å². The maximum Gasteiger partial charge on any atom is 0.148 e. The van der Waals surface area contributed by atoms with Crippen molar-refractivity contribution in [3.8, 4) is 5.75 Å². The van der Waals surface area contributed by atoms with Gasteiger partial charge in [-0.25, -0.2) is 4.86 Å². The molecule has 7 heteroatoms. The number of hydrogen-bond acceptors (Lipinski definition) is 4. The first-order chi connectivity index (χ1) is 7.40. The molecule has 0 saturated carbocycles. The molecule has 15 heavy (non-hydrogen) atoms. The highest BCUT2D eigenvalue weighted by Gasteiger charge is 2.21. The van der Waals surface area contributed by atoms with Gasteiger partial charge in [0.2, 0.25) is 0 Å². The molecule has 3 atom stereocenters. The Bertz CT molecular complexity index is 324. The van der Waals surface area contributed by atoms with Gasteiger partial charge in [-0.15, -0.1) is 0 Å². The Balaban J connectivity index is 2.00. The number of benzene rings is 1. The van der Waals surface area contributed by atoms with Gasteiger partial charge < -0.3 is 4.84 Å². The number of rotatable bonds is 3. The van der Waals surface area contributed by atoms with Gasteiger partial charge in [0.05, 0.1) is 8.88 Å². The summed E-state index contributed by atoms with van der Waals surface area (Å²) >= 11 is 0. The van der Waals surface area contributed by atoms with Crippen molar-refractivity contribution >= 4 is 26.0 Å². The zero-order valence-electron chi connectivity index (χ0n) is 7.97. The molecule has 0 aliphatic carbocycles. The van der Waals surface area contributed by atoms with Crippen LogP contribution in [0.5, 0.6) is 5.75 Å². The lowest BCUT2D eigenvalue weighted by atomic mass is 10.3. The van der Waals surface area contributed by atoms with E-state index in [9.17, 15) is 0 Å². The van der Waals surface area contributed by atoms with E-state index < -0.39 is 8.22 Å². The summed E-state index contributed by atoms with van der Waals surface area (Å²) in [6.07, 6.45) is 0. The normalized spacial score (nSPS) is 25.5. The van der Waals surface area contributed by atoms with Crippen LogP contribution in [0.4, 0.5) is 0 Å². The Morgan fingerprint density at radius 1 is 1.40 bits per heavy atom. The molecule has 0 bridgehead atoms. The molecule has 2 rings (SSSR count). The molecule has 0 radical (unpaired) electrons. The molecule has 1 aliphatic rings. The first kappa shape index (κ1) is 11.4. The minimum atomic E-state index is -0.569. The van der Waals surface area contributed by atoms with Gasteiger partial charge in [0.15, 0.2) is 0 Å². The van der Waals surface area contributed by atoms with Gasteiger partial charge in [-0.2, -0.15) is 0 Å². The van der Waals surface area contributed by atoms with Crippen molar-refractivity contribution < 1.29 is 4.84 Å². The van der Waals surface area contributed by atoms with Gasteiger partial charge in [-0.3, -0.25) is 4.86 Å². The van der Waals surface area contributed by atoms with Crippen LogP contribution in [0.15, 0.2) is 42.7 Å². The molecule has 3 unspecified atom stereocenters. The topological polar surface area (TPSA) is 36.5 Å². The average molecular weight is 259 g/mol. The smallest absolute Gasteiger partial charge is 0.148 e. The number of nitrogens with zero attached hydrogens (tertiary/aromatic N) is 1. The van der Waals surface area contributed by atoms with Crippen LogP contribution in [0.2, 0.25) is 0 Å². The highest BCUT2D eigenvalue weighted by Crippen LogP contribution is 2.51. The summed E-state index contributed by atoms with van der Waals surface area (Å²) in [6.45, 7) is 3.80. The molecule has 1 fully saturated rings. The summed E-state index contributed by atoms with van der Waals surface area (Å²) in [5.74, 6) is 2.76. The third kappa shape index (κ3) is 3.19. The van der Waals surface area contributed by atoms with Crippen molar-refractivity contribution in [2.45, 2.75) is 0 Å². The molecule has 80 valence electrons. The third-order valence-corrected chi connectivity index (χ3v) is 6.05. The van der Waals surface area contributed by atoms with E-state index in [1.165, 1.54) is 0 Å². The second-order valence-electron chi connectivity index (χ2n) is 2.68. The molecule has 0 spiro atoms. The van der Waals surface area contributed by atoms with Crippen LogP contribution in [-0.2, 0) is 0 Å². The molecule has 1 aliphatic heterocycles. The van der Waals surface area contributed by atoms with Crippen LogP contribution >= 0.6 is 26.0 Å². The summed E-state index contributed by atoms with van der Waals surface area (Å²) in [6, 6.07) is 9.78. The predicted molar refractivity (Wildman–Crippen MR) is 68.9 cm³/mol. The fourth-order valence-electron chi connectivity index (χ4n) is 1.03. The van der Waals surface area contributed by atoms with E-state index in [-0.39, 0.29) is 0 Å². The first-order valence-electron chi connectivity index (χ1n) is 4.36. The maximum absolute atomic E-state index is 5.74. The fraction of sp³-hybridized carbons (Fsp3) is 0. The van der Waals surface area contributed by atoms with Crippen molar-refractivity contribution in [1.82, 2.24) is 14.3 Å². The molecule has 1 aromatic rings. The van der Waals surface area contributed by atoms with Crippen LogP contribution < -0.4 is 14.6 Å². The van der Waals surface area contributed by atoms with E-state index in [1.54, 1.807) is 0 Å². The Kier molecular flexibility index (Phi) is 4.46. The Hall–Kier alpha value is -0.0700. The van der Waals surface area contributed by atoms with E-state index in [4.69, 9.17) is 4.84 Å². The molecule has 0 amide bonds. The number of nitrogens with one attached hydrogen (secondary N) is 2. The Morgan fingerprint density at radius 2 is 2.20 bits per heavy atom. The minimum absolute atomic E-state index is 0.474. The van der Waals surface area contributed by atoms with Crippen molar-refractivity contribution in [2.75, 3.05) is 0 Å². The summed E-state index contributed by atoms with van der Waals surface area (Å²) in [4.78, 5) is 12.3. The summed E-state index contributed by atoms with van der Waals surface area (Å²) in [5.41, 5.74) is 0. The van der Waals surface area contributed by atoms with Crippen LogP contribution in [-0.4, -0.2) is 4.60 Å². The second kappa shape index (κ2) is 5.86. The highest BCUT2D eigenvalue weighted by atomic mass is 31.2. The lowest BCUT2D eigenvalue weighted by molar-refractivity contribution is 0.143. The zero-order chi connectivity index (χ0) is 10.5. The van der Waals surface area contributed by atoms with Gasteiger partial charge in [-0.05, 0) is 17.9 Å². The van der Waals surface area contributed by atoms with Gasteiger partial charge in [0.25, 0.3) is 0 Å². The van der Waals surface area contributed by atoms with E-state index in [0.29, 0.717) is 17.8 Å². The molecule has 1 aromatic carbocycles. The van der Waals surface area contributed by atoms with E-state index in [0.717, 1.165) is 5.75 Å². The predicted octanol–water partition coefficient (Wildman–Crippen LogP) is 2.95. The quantitative estimate of drug-likeness (QED) is 0.818. The monoisotopic (exact) mass is 259 g/mol. The summed E-state index contributed by atoms with van der Waals surface area (Å²) in [5, 5.41) is 0. The second-order valence-corrected chi connectivity index (χ2v) is 7.25. The molecule has 4 nitrogen and oxygen atoms in total. The van der Waals surface area contributed by atoms with Crippen molar-refractivity contribution in [1.29, 1.82) is 0 Å². The molecule has 2 N–H and O–H groups in total. The maximum atomic E-state index is 5.74. The molecule has 1 heterocycles. The Labute approximate surface area is 94.1 Å². The number of hydrogen-bond donors (Lipinski definition) is 2. The number of para-hydroxylation sites is 1. The van der Waals surface area contributed by atoms with Gasteiger partial charge in [0.1, 0.15) is 14.0 Å². The minimum Gasteiger partial charge on any atom is -0.396 e. The van der Waals surface area contributed by atoms with Crippen LogP contribution in [0.25, 0.3) is 0 Å². The summed E-state index contributed by atoms with van der Waals surface area (Å²) < 4.78 is 1.91. The van der Waals surface area contributed by atoms with Crippen LogP contribution in [0, 0.1) is 0 Å². The lowest BCUT2D eigenvalue weighted by Crippen LogP contribution is -2.23. The molecule has 0 aromatic heterocycles. The van der Waals surface area contributed by atoms with E-state index >= 15 is 0 Å². The lowest BCUT2D eigenvalue weighted by Gasteiger charge is -2.32. The highest BCUT2D eigenvalue weighted by molar-refractivity contribution is 7.74. The largest absolute Gasteiger partial charge is 0.396 e. The van der Waals surface area contributed by atoms with Gasteiger partial charge >= 0.3 is 0 Å². The average Bonchev–Trinajstić information content (AvgIpc) is 2.31. The van der Waals surface area contributed by atoms with Crippen molar-refractivity contribution in [3.63, 3.8) is 0 Å². The standard InChI is InChI=1S/C8H12N3OP3/c1-2-15-10-13-9-14-11(15)12-8-6-4-3-5-7-8/h2-7,9-10,13-14H,1H2.